The zero-order valence-electron chi connectivity index (χ0n) is 23.6. The van der Waals surface area contributed by atoms with Crippen LogP contribution in [0.3, 0.4) is 0 Å². The van der Waals surface area contributed by atoms with Crippen molar-refractivity contribution in [1.29, 1.82) is 0 Å². The van der Waals surface area contributed by atoms with E-state index in [2.05, 4.69) is 5.32 Å². The third-order valence-corrected chi connectivity index (χ3v) is 9.90. The Labute approximate surface area is 257 Å². The van der Waals surface area contributed by atoms with E-state index in [0.717, 1.165) is 35.6 Å². The summed E-state index contributed by atoms with van der Waals surface area (Å²) < 4.78 is 34.2. The van der Waals surface area contributed by atoms with Crippen LogP contribution in [0.5, 0.6) is 5.75 Å². The number of methoxy groups -OCH3 is 1. The molecule has 3 aromatic carbocycles. The molecule has 0 bridgehead atoms. The number of hydrogen-bond donors (Lipinski definition) is 1. The molecule has 1 atom stereocenters. The minimum Gasteiger partial charge on any atom is -0.497 e. The first-order chi connectivity index (χ1) is 20.1. The zero-order chi connectivity index (χ0) is 30.3. The molecule has 0 radical (unpaired) electrons. The summed E-state index contributed by atoms with van der Waals surface area (Å²) in [4.78, 5) is 29.2. The summed E-state index contributed by atoms with van der Waals surface area (Å²) in [6, 6.07) is 18.7. The summed E-state index contributed by atoms with van der Waals surface area (Å²) in [5.41, 5.74) is 0.910. The maximum absolute atomic E-state index is 14.2. The topological polar surface area (TPSA) is 96.0 Å². The Morgan fingerprint density at radius 2 is 1.69 bits per heavy atom. The Hall–Kier alpha value is -3.27. The van der Waals surface area contributed by atoms with Crippen molar-refractivity contribution in [3.63, 3.8) is 0 Å². The number of carbonyl (C=O) groups is 2. The molecule has 0 aliphatic heterocycles. The summed E-state index contributed by atoms with van der Waals surface area (Å²) in [6.45, 7) is 1.35. The van der Waals surface area contributed by atoms with E-state index in [9.17, 15) is 18.0 Å². The van der Waals surface area contributed by atoms with Gasteiger partial charge in [-0.15, -0.1) is 0 Å². The van der Waals surface area contributed by atoms with E-state index in [-0.39, 0.29) is 39.1 Å². The maximum Gasteiger partial charge on any atom is 0.264 e. The second kappa shape index (κ2) is 14.3. The minimum atomic E-state index is -4.20. The lowest BCUT2D eigenvalue weighted by atomic mass is 10.1. The smallest absolute Gasteiger partial charge is 0.264 e. The van der Waals surface area contributed by atoms with Crippen LogP contribution in [0.15, 0.2) is 77.7 Å². The molecule has 2 amide bonds. The summed E-state index contributed by atoms with van der Waals surface area (Å²) in [6.07, 6.45) is 4.22. The maximum atomic E-state index is 14.2. The average molecular weight is 633 g/mol. The molecular weight excluding hydrogens is 597 g/mol. The van der Waals surface area contributed by atoms with Gasteiger partial charge < -0.3 is 15.0 Å². The van der Waals surface area contributed by atoms with Crippen LogP contribution in [-0.4, -0.2) is 50.9 Å². The third-order valence-electron chi connectivity index (χ3n) is 7.38. The molecule has 42 heavy (non-hydrogen) atoms. The van der Waals surface area contributed by atoms with Gasteiger partial charge in [0, 0.05) is 12.6 Å². The fraction of sp³-hybridized carbons (Fsp3) is 0.355. The molecular formula is C31H35Cl2N3O5S. The van der Waals surface area contributed by atoms with Crippen LogP contribution in [-0.2, 0) is 26.2 Å². The molecule has 0 spiro atoms. The van der Waals surface area contributed by atoms with Crippen LogP contribution in [0.2, 0.25) is 10.0 Å². The molecule has 0 aromatic heterocycles. The molecule has 8 nitrogen and oxygen atoms in total. The normalized spacial score (nSPS) is 14.3. The number of halogens is 2. The van der Waals surface area contributed by atoms with Crippen LogP contribution < -0.4 is 14.4 Å². The number of carbonyl (C=O) groups excluding carboxylic acids is 2. The Kier molecular flexibility index (Phi) is 10.8. The second-order valence-electron chi connectivity index (χ2n) is 10.2. The SMILES string of the molecule is CCC(C(=O)NC1CCCC1)N(Cc1cccc(OC)c1)C(=O)CN(c1ccc(Cl)c(Cl)c1)S(=O)(=O)c1ccccc1. The van der Waals surface area contributed by atoms with Gasteiger partial charge in [-0.3, -0.25) is 13.9 Å². The van der Waals surface area contributed by atoms with Crippen LogP contribution in [0, 0.1) is 0 Å². The van der Waals surface area contributed by atoms with Gasteiger partial charge in [0.05, 0.1) is 27.7 Å². The first kappa shape index (κ1) is 31.7. The zero-order valence-corrected chi connectivity index (χ0v) is 26.0. The molecule has 0 saturated heterocycles. The highest BCUT2D eigenvalue weighted by atomic mass is 35.5. The lowest BCUT2D eigenvalue weighted by molar-refractivity contribution is -0.140. The highest BCUT2D eigenvalue weighted by Gasteiger charge is 2.34. The largest absolute Gasteiger partial charge is 0.497 e. The van der Waals surface area contributed by atoms with Gasteiger partial charge in [0.2, 0.25) is 11.8 Å². The monoisotopic (exact) mass is 631 g/mol. The highest BCUT2D eigenvalue weighted by molar-refractivity contribution is 7.92. The van der Waals surface area contributed by atoms with Gasteiger partial charge in [-0.2, -0.15) is 0 Å². The van der Waals surface area contributed by atoms with Crippen LogP contribution in [0.1, 0.15) is 44.6 Å². The Bertz CT molecular complexity index is 1500. The first-order valence-electron chi connectivity index (χ1n) is 13.9. The van der Waals surface area contributed by atoms with Crippen molar-refractivity contribution >= 4 is 50.7 Å². The fourth-order valence-corrected chi connectivity index (χ4v) is 6.86. The van der Waals surface area contributed by atoms with Gasteiger partial charge >= 0.3 is 0 Å². The number of anilines is 1. The van der Waals surface area contributed by atoms with Gasteiger partial charge in [-0.05, 0) is 67.3 Å². The van der Waals surface area contributed by atoms with Crippen LogP contribution >= 0.6 is 23.2 Å². The van der Waals surface area contributed by atoms with E-state index < -0.39 is 28.5 Å². The minimum absolute atomic E-state index is 0.00855. The van der Waals surface area contributed by atoms with Crippen molar-refractivity contribution in [2.45, 2.75) is 62.6 Å². The molecule has 1 unspecified atom stereocenters. The fourth-order valence-electron chi connectivity index (χ4n) is 5.14. The lowest BCUT2D eigenvalue weighted by Gasteiger charge is -2.34. The van der Waals surface area contributed by atoms with Crippen molar-refractivity contribution < 1.29 is 22.7 Å². The van der Waals surface area contributed by atoms with Crippen LogP contribution in [0.25, 0.3) is 0 Å². The first-order valence-corrected chi connectivity index (χ1v) is 16.1. The Morgan fingerprint density at radius 1 is 0.976 bits per heavy atom. The van der Waals surface area contributed by atoms with Gasteiger partial charge in [0.15, 0.2) is 0 Å². The Morgan fingerprint density at radius 3 is 2.33 bits per heavy atom. The summed E-state index contributed by atoms with van der Waals surface area (Å²) in [5, 5.41) is 3.50. The summed E-state index contributed by atoms with van der Waals surface area (Å²) in [5.74, 6) is -0.197. The molecule has 224 valence electrons. The molecule has 1 aliphatic rings. The predicted octanol–water partition coefficient (Wildman–Crippen LogP) is 6.06. The molecule has 3 aromatic rings. The summed E-state index contributed by atoms with van der Waals surface area (Å²) >= 11 is 12.4. The van der Waals surface area contributed by atoms with Crippen molar-refractivity contribution in [1.82, 2.24) is 10.2 Å². The number of rotatable bonds is 12. The van der Waals surface area contributed by atoms with Gasteiger partial charge in [-0.1, -0.05) is 73.3 Å². The molecule has 1 aliphatic carbocycles. The second-order valence-corrected chi connectivity index (χ2v) is 12.9. The number of nitrogens with one attached hydrogen (secondary N) is 1. The van der Waals surface area contributed by atoms with E-state index in [1.807, 2.05) is 13.0 Å². The van der Waals surface area contributed by atoms with Crippen molar-refractivity contribution in [3.05, 3.63) is 88.4 Å². The van der Waals surface area contributed by atoms with Gasteiger partial charge in [0.25, 0.3) is 10.0 Å². The van der Waals surface area contributed by atoms with Crippen LogP contribution in [0.4, 0.5) is 5.69 Å². The lowest BCUT2D eigenvalue weighted by Crippen LogP contribution is -2.53. The number of ether oxygens (including phenoxy) is 1. The average Bonchev–Trinajstić information content (AvgIpc) is 3.50. The molecule has 1 saturated carbocycles. The molecule has 11 heteroatoms. The van der Waals surface area contributed by atoms with Gasteiger partial charge in [-0.25, -0.2) is 8.42 Å². The van der Waals surface area contributed by atoms with E-state index in [0.29, 0.717) is 12.2 Å². The summed E-state index contributed by atoms with van der Waals surface area (Å²) in [7, 11) is -2.65. The van der Waals surface area contributed by atoms with Crippen molar-refractivity contribution in [3.8, 4) is 5.75 Å². The molecule has 0 heterocycles. The standard InChI is InChI=1S/C31H35Cl2N3O5S/c1-3-29(31(38)34-23-11-7-8-12-23)35(20-22-10-9-13-25(18-22)41-2)30(37)21-36(24-16-17-27(32)28(33)19-24)42(39,40)26-14-5-4-6-15-26/h4-6,9-10,13-19,23,29H,3,7-8,11-12,20-21H2,1-2H3,(H,34,38). The number of sulfonamides is 1. The third kappa shape index (κ3) is 7.56. The number of nitrogens with zero attached hydrogens (tertiary/aromatic N) is 2. The van der Waals surface area contributed by atoms with E-state index in [4.69, 9.17) is 27.9 Å². The Balaban J connectivity index is 1.73. The van der Waals surface area contributed by atoms with Crippen molar-refractivity contribution in [2.75, 3.05) is 18.0 Å². The van der Waals surface area contributed by atoms with Gasteiger partial charge in [0.1, 0.15) is 18.3 Å². The van der Waals surface area contributed by atoms with E-state index in [1.165, 1.54) is 35.2 Å². The molecule has 1 N–H and O–H groups in total. The number of hydrogen-bond acceptors (Lipinski definition) is 5. The quantitative estimate of drug-likeness (QED) is 0.262. The highest BCUT2D eigenvalue weighted by Crippen LogP contribution is 2.31. The number of benzene rings is 3. The number of amides is 2. The molecule has 1 fully saturated rings. The van der Waals surface area contributed by atoms with E-state index >= 15 is 0 Å². The predicted molar refractivity (Wildman–Crippen MR) is 165 cm³/mol. The van der Waals surface area contributed by atoms with E-state index in [1.54, 1.807) is 43.5 Å². The van der Waals surface area contributed by atoms with Crippen molar-refractivity contribution in [2.24, 2.45) is 0 Å². The molecule has 4 rings (SSSR count).